The van der Waals surface area contributed by atoms with Gasteiger partial charge in [-0.15, -0.1) is 0 Å². The number of unbranched alkanes of at least 4 members (excludes halogenated alkanes) is 1. The Morgan fingerprint density at radius 2 is 1.85 bits per heavy atom. The van der Waals surface area contributed by atoms with E-state index in [2.05, 4.69) is 33.0 Å². The van der Waals surface area contributed by atoms with Crippen molar-refractivity contribution in [3.63, 3.8) is 0 Å². The molecule has 0 aliphatic carbocycles. The summed E-state index contributed by atoms with van der Waals surface area (Å²) in [5.41, 5.74) is 0. The van der Waals surface area contributed by atoms with E-state index in [0.29, 0.717) is 11.8 Å². The molecule has 0 saturated heterocycles. The molecule has 0 saturated carbocycles. The number of nitrogens with one attached hydrogen (secondary N) is 1. The molecule has 0 aromatic rings. The van der Waals surface area contributed by atoms with Gasteiger partial charge in [0.1, 0.15) is 6.23 Å². The van der Waals surface area contributed by atoms with Crippen LogP contribution in [0.5, 0.6) is 0 Å². The third-order valence-electron chi connectivity index (χ3n) is 2.62. The zero-order valence-corrected chi connectivity index (χ0v) is 9.51. The first-order valence-corrected chi connectivity index (χ1v) is 5.54. The Balaban J connectivity index is 3.70. The van der Waals surface area contributed by atoms with Gasteiger partial charge in [-0.2, -0.15) is 0 Å². The van der Waals surface area contributed by atoms with E-state index in [1.807, 2.05) is 0 Å². The summed E-state index contributed by atoms with van der Waals surface area (Å²) >= 11 is 0. The van der Waals surface area contributed by atoms with Gasteiger partial charge in [0.15, 0.2) is 0 Å². The Kier molecular flexibility index (Phi) is 7.29. The normalized spacial score (nSPS) is 16.2. The molecule has 80 valence electrons. The van der Waals surface area contributed by atoms with Crippen molar-refractivity contribution >= 4 is 0 Å². The van der Waals surface area contributed by atoms with E-state index in [0.717, 1.165) is 19.4 Å². The highest BCUT2D eigenvalue weighted by atomic mass is 16.3. The van der Waals surface area contributed by atoms with Crippen molar-refractivity contribution in [1.29, 1.82) is 0 Å². The average Bonchev–Trinajstić information content (AvgIpc) is 2.05. The molecule has 0 radical (unpaired) electrons. The van der Waals surface area contributed by atoms with E-state index in [9.17, 15) is 5.11 Å². The quantitative estimate of drug-likeness (QED) is 0.474. The van der Waals surface area contributed by atoms with Crippen LogP contribution in [-0.4, -0.2) is 17.9 Å². The second-order valence-electron chi connectivity index (χ2n) is 4.07. The molecule has 0 fully saturated rings. The van der Waals surface area contributed by atoms with Crippen molar-refractivity contribution in [2.24, 2.45) is 11.8 Å². The van der Waals surface area contributed by atoms with E-state index >= 15 is 0 Å². The molecule has 2 nitrogen and oxygen atoms in total. The lowest BCUT2D eigenvalue weighted by molar-refractivity contribution is 0.0495. The molecule has 0 aliphatic heterocycles. The van der Waals surface area contributed by atoms with E-state index in [-0.39, 0.29) is 6.23 Å². The van der Waals surface area contributed by atoms with E-state index in [1.54, 1.807) is 0 Å². The van der Waals surface area contributed by atoms with E-state index < -0.39 is 0 Å². The average molecular weight is 187 g/mol. The molecule has 13 heavy (non-hydrogen) atoms. The van der Waals surface area contributed by atoms with Crippen LogP contribution in [0.15, 0.2) is 0 Å². The molecule has 2 heteroatoms. The van der Waals surface area contributed by atoms with Gasteiger partial charge in [0.2, 0.25) is 0 Å². The van der Waals surface area contributed by atoms with Crippen LogP contribution < -0.4 is 5.32 Å². The van der Waals surface area contributed by atoms with Gasteiger partial charge in [0, 0.05) is 5.92 Å². The first-order chi connectivity index (χ1) is 6.13. The summed E-state index contributed by atoms with van der Waals surface area (Å²) in [4.78, 5) is 0. The van der Waals surface area contributed by atoms with Crippen molar-refractivity contribution < 1.29 is 5.11 Å². The summed E-state index contributed by atoms with van der Waals surface area (Å²) in [5.74, 6) is 0.936. The van der Waals surface area contributed by atoms with Crippen molar-refractivity contribution in [1.82, 2.24) is 5.32 Å². The van der Waals surface area contributed by atoms with Crippen LogP contribution in [0, 0.1) is 11.8 Å². The van der Waals surface area contributed by atoms with Crippen LogP contribution >= 0.6 is 0 Å². The third-order valence-corrected chi connectivity index (χ3v) is 2.62. The topological polar surface area (TPSA) is 32.3 Å². The highest BCUT2D eigenvalue weighted by molar-refractivity contribution is 4.68. The number of hydrogen-bond donors (Lipinski definition) is 2. The van der Waals surface area contributed by atoms with Crippen molar-refractivity contribution in [2.75, 3.05) is 6.54 Å². The Labute approximate surface area is 82.7 Å². The fraction of sp³-hybridized carbons (Fsp3) is 1.00. The minimum Gasteiger partial charge on any atom is -0.378 e. The lowest BCUT2D eigenvalue weighted by Gasteiger charge is -2.25. The fourth-order valence-electron chi connectivity index (χ4n) is 1.64. The molecular weight excluding hydrogens is 162 g/mol. The highest BCUT2D eigenvalue weighted by Gasteiger charge is 2.19. The fourth-order valence-corrected chi connectivity index (χ4v) is 1.64. The number of rotatable bonds is 7. The summed E-state index contributed by atoms with van der Waals surface area (Å²) in [6.07, 6.45) is 3.04. The maximum atomic E-state index is 9.79. The smallest absolute Gasteiger partial charge is 0.107 e. The maximum Gasteiger partial charge on any atom is 0.107 e. The molecule has 0 amide bonds. The van der Waals surface area contributed by atoms with Gasteiger partial charge in [0.25, 0.3) is 0 Å². The van der Waals surface area contributed by atoms with Crippen LogP contribution in [0.2, 0.25) is 0 Å². The van der Waals surface area contributed by atoms with Crippen molar-refractivity contribution in [3.8, 4) is 0 Å². The standard InChI is InChI=1S/C11H25NO/c1-5-7-8-12-11(13)10(6-2)9(3)4/h9-13H,5-8H2,1-4H3. The molecule has 0 spiro atoms. The second kappa shape index (κ2) is 7.34. The largest absolute Gasteiger partial charge is 0.378 e. The highest BCUT2D eigenvalue weighted by Crippen LogP contribution is 2.17. The van der Waals surface area contributed by atoms with Gasteiger partial charge in [-0.3, -0.25) is 5.32 Å². The lowest BCUT2D eigenvalue weighted by atomic mass is 9.91. The molecule has 0 aliphatic rings. The van der Waals surface area contributed by atoms with E-state index in [4.69, 9.17) is 0 Å². The van der Waals surface area contributed by atoms with Gasteiger partial charge in [-0.05, 0) is 25.3 Å². The second-order valence-corrected chi connectivity index (χ2v) is 4.07. The minimum absolute atomic E-state index is 0.323. The van der Waals surface area contributed by atoms with Gasteiger partial charge < -0.3 is 5.11 Å². The van der Waals surface area contributed by atoms with Crippen LogP contribution in [0.1, 0.15) is 47.0 Å². The Morgan fingerprint density at radius 3 is 2.23 bits per heavy atom. The lowest BCUT2D eigenvalue weighted by Crippen LogP contribution is -2.38. The molecule has 0 bridgehead atoms. The molecule has 0 aromatic carbocycles. The zero-order valence-electron chi connectivity index (χ0n) is 9.51. The van der Waals surface area contributed by atoms with Gasteiger partial charge in [-0.25, -0.2) is 0 Å². The van der Waals surface area contributed by atoms with Crippen LogP contribution in [0.3, 0.4) is 0 Å². The number of aliphatic hydroxyl groups excluding tert-OH is 1. The SMILES string of the molecule is CCCCNC(O)C(CC)C(C)C. The van der Waals surface area contributed by atoms with Crippen LogP contribution in [0.25, 0.3) is 0 Å². The summed E-state index contributed by atoms with van der Waals surface area (Å²) in [6, 6.07) is 0. The van der Waals surface area contributed by atoms with Crippen molar-refractivity contribution in [3.05, 3.63) is 0 Å². The van der Waals surface area contributed by atoms with Gasteiger partial charge >= 0.3 is 0 Å². The predicted molar refractivity (Wildman–Crippen MR) is 57.5 cm³/mol. The minimum atomic E-state index is -0.323. The molecule has 2 atom stereocenters. The Bertz CT molecular complexity index is 115. The molecule has 0 rings (SSSR count). The number of aliphatic hydroxyl groups is 1. The molecule has 2 unspecified atom stereocenters. The molecule has 0 heterocycles. The van der Waals surface area contributed by atoms with Gasteiger partial charge in [0.05, 0.1) is 0 Å². The molecule has 2 N–H and O–H groups in total. The van der Waals surface area contributed by atoms with Crippen molar-refractivity contribution in [2.45, 2.75) is 53.2 Å². The van der Waals surface area contributed by atoms with Crippen LogP contribution in [-0.2, 0) is 0 Å². The maximum absolute atomic E-state index is 9.79. The monoisotopic (exact) mass is 187 g/mol. The van der Waals surface area contributed by atoms with Crippen LogP contribution in [0.4, 0.5) is 0 Å². The predicted octanol–water partition coefficient (Wildman–Crippen LogP) is 2.38. The molecule has 0 aromatic heterocycles. The zero-order chi connectivity index (χ0) is 10.3. The summed E-state index contributed by atoms with van der Waals surface area (Å²) in [7, 11) is 0. The third kappa shape index (κ3) is 5.27. The Morgan fingerprint density at radius 1 is 1.23 bits per heavy atom. The first-order valence-electron chi connectivity index (χ1n) is 5.54. The summed E-state index contributed by atoms with van der Waals surface area (Å²) < 4.78 is 0. The molecular formula is C11H25NO. The Hall–Kier alpha value is -0.0800. The summed E-state index contributed by atoms with van der Waals surface area (Å²) in [5, 5.41) is 13.0. The first kappa shape index (κ1) is 12.9. The summed E-state index contributed by atoms with van der Waals surface area (Å²) in [6.45, 7) is 9.56. The number of hydrogen-bond acceptors (Lipinski definition) is 2. The van der Waals surface area contributed by atoms with Gasteiger partial charge in [-0.1, -0.05) is 34.1 Å². The van der Waals surface area contributed by atoms with E-state index in [1.165, 1.54) is 6.42 Å².